The maximum Gasteiger partial charge on any atom is 0.226 e. The smallest absolute Gasteiger partial charge is 0.226 e. The minimum Gasteiger partial charge on any atom is -0.493 e. The van der Waals surface area contributed by atoms with Crippen LogP contribution in [0.4, 0.5) is 5.69 Å². The van der Waals surface area contributed by atoms with Crippen LogP contribution in [0.1, 0.15) is 5.56 Å². The fourth-order valence-corrected chi connectivity index (χ4v) is 2.73. The first-order chi connectivity index (χ1) is 11.8. The average molecular weight is 327 g/mol. The number of methoxy groups -OCH3 is 1. The van der Waals surface area contributed by atoms with Gasteiger partial charge in [0, 0.05) is 25.5 Å². The Balaban J connectivity index is 1.48. The largest absolute Gasteiger partial charge is 0.493 e. The van der Waals surface area contributed by atoms with Gasteiger partial charge in [-0.25, -0.2) is 0 Å². The zero-order valence-electron chi connectivity index (χ0n) is 13.6. The lowest BCUT2D eigenvalue weighted by molar-refractivity contribution is -0.126. The van der Waals surface area contributed by atoms with Crippen LogP contribution in [0, 0.1) is 5.92 Å². The van der Waals surface area contributed by atoms with Crippen molar-refractivity contribution in [3.63, 3.8) is 0 Å². The molecule has 1 unspecified atom stereocenters. The number of hydrogen-bond acceptors (Lipinski definition) is 5. The summed E-state index contributed by atoms with van der Waals surface area (Å²) >= 11 is 0. The van der Waals surface area contributed by atoms with Gasteiger partial charge in [0.1, 0.15) is 6.61 Å². The van der Waals surface area contributed by atoms with Crippen molar-refractivity contribution in [1.82, 2.24) is 10.3 Å². The Labute approximate surface area is 141 Å². The van der Waals surface area contributed by atoms with Gasteiger partial charge in [0.15, 0.2) is 11.5 Å². The molecule has 1 aromatic carbocycles. The second-order valence-corrected chi connectivity index (χ2v) is 5.62. The van der Waals surface area contributed by atoms with E-state index in [1.165, 1.54) is 0 Å². The van der Waals surface area contributed by atoms with E-state index in [9.17, 15) is 4.79 Å². The number of carbonyl (C=O) groups excluding carboxylic acids is 1. The van der Waals surface area contributed by atoms with Crippen molar-refractivity contribution in [1.29, 1.82) is 0 Å². The van der Waals surface area contributed by atoms with E-state index in [1.807, 2.05) is 30.3 Å². The third kappa shape index (κ3) is 3.76. The lowest BCUT2D eigenvalue weighted by atomic mass is 9.95. The first-order valence-corrected chi connectivity index (χ1v) is 7.98. The normalized spacial score (nSPS) is 15.8. The lowest BCUT2D eigenvalue weighted by Gasteiger charge is -2.25. The Morgan fingerprint density at radius 2 is 2.25 bits per heavy atom. The number of fused-ring (bicyclic) bond motifs is 1. The highest BCUT2D eigenvalue weighted by Crippen LogP contribution is 2.35. The number of hydrogen-bond donors (Lipinski definition) is 2. The highest BCUT2D eigenvalue weighted by Gasteiger charge is 2.27. The van der Waals surface area contributed by atoms with E-state index in [0.29, 0.717) is 31.9 Å². The summed E-state index contributed by atoms with van der Waals surface area (Å²) in [5.41, 5.74) is 1.95. The van der Waals surface area contributed by atoms with Gasteiger partial charge in [-0.2, -0.15) is 0 Å². The van der Waals surface area contributed by atoms with Crippen molar-refractivity contribution >= 4 is 11.6 Å². The van der Waals surface area contributed by atoms with Crippen LogP contribution >= 0.6 is 0 Å². The molecule has 24 heavy (non-hydrogen) atoms. The maximum absolute atomic E-state index is 12.3. The monoisotopic (exact) mass is 327 g/mol. The second-order valence-electron chi connectivity index (χ2n) is 5.62. The third-order valence-corrected chi connectivity index (χ3v) is 3.96. The quantitative estimate of drug-likeness (QED) is 0.793. The molecule has 0 bridgehead atoms. The Kier molecular flexibility index (Phi) is 5.15. The van der Waals surface area contributed by atoms with Crippen LogP contribution in [0.3, 0.4) is 0 Å². The van der Waals surface area contributed by atoms with Gasteiger partial charge in [-0.3, -0.25) is 9.78 Å². The second kappa shape index (κ2) is 7.68. The topological polar surface area (TPSA) is 72.5 Å². The highest BCUT2D eigenvalue weighted by molar-refractivity contribution is 5.79. The number of para-hydroxylation sites is 1. The molecular weight excluding hydrogens is 306 g/mol. The molecule has 0 fully saturated rings. The van der Waals surface area contributed by atoms with Gasteiger partial charge in [-0.05, 0) is 30.2 Å². The zero-order chi connectivity index (χ0) is 16.8. The Morgan fingerprint density at radius 1 is 1.33 bits per heavy atom. The van der Waals surface area contributed by atoms with Crippen LogP contribution in [0.25, 0.3) is 0 Å². The fourth-order valence-electron chi connectivity index (χ4n) is 2.73. The van der Waals surface area contributed by atoms with Crippen LogP contribution in [0.5, 0.6) is 11.5 Å². The summed E-state index contributed by atoms with van der Waals surface area (Å²) in [6, 6.07) is 9.56. The minimum absolute atomic E-state index is 0.0106. The molecule has 0 spiro atoms. The van der Waals surface area contributed by atoms with Crippen molar-refractivity contribution in [2.24, 2.45) is 5.92 Å². The summed E-state index contributed by atoms with van der Waals surface area (Å²) < 4.78 is 11.0. The van der Waals surface area contributed by atoms with Crippen molar-refractivity contribution < 1.29 is 14.3 Å². The predicted molar refractivity (Wildman–Crippen MR) is 91.4 cm³/mol. The molecule has 1 atom stereocenters. The molecular formula is C18H21N3O3. The summed E-state index contributed by atoms with van der Waals surface area (Å²) in [4.78, 5) is 16.3. The van der Waals surface area contributed by atoms with Crippen LogP contribution in [0.2, 0.25) is 0 Å². The number of benzene rings is 1. The summed E-state index contributed by atoms with van der Waals surface area (Å²) in [5.74, 6) is 1.30. The first-order valence-electron chi connectivity index (χ1n) is 7.98. The molecule has 2 N–H and O–H groups in total. The van der Waals surface area contributed by atoms with Gasteiger partial charge in [-0.1, -0.05) is 12.1 Å². The molecule has 0 aliphatic carbocycles. The van der Waals surface area contributed by atoms with Crippen molar-refractivity contribution in [3.05, 3.63) is 48.3 Å². The van der Waals surface area contributed by atoms with E-state index in [0.717, 1.165) is 17.0 Å². The van der Waals surface area contributed by atoms with Crippen molar-refractivity contribution in [2.45, 2.75) is 6.42 Å². The van der Waals surface area contributed by atoms with E-state index in [2.05, 4.69) is 15.6 Å². The molecule has 6 nitrogen and oxygen atoms in total. The average Bonchev–Trinajstić information content (AvgIpc) is 2.65. The number of pyridine rings is 1. The predicted octanol–water partition coefficient (Wildman–Crippen LogP) is 1.87. The summed E-state index contributed by atoms with van der Waals surface area (Å²) in [5, 5.41) is 6.16. The number of anilines is 1. The fraction of sp³-hybridized carbons (Fsp3) is 0.333. The van der Waals surface area contributed by atoms with Crippen LogP contribution in [-0.2, 0) is 11.2 Å². The molecule has 1 aliphatic rings. The van der Waals surface area contributed by atoms with Crippen LogP contribution in [-0.4, -0.2) is 37.7 Å². The molecule has 1 amide bonds. The molecule has 1 aliphatic heterocycles. The third-order valence-electron chi connectivity index (χ3n) is 3.96. The van der Waals surface area contributed by atoms with E-state index in [-0.39, 0.29) is 11.8 Å². The first kappa shape index (κ1) is 16.1. The van der Waals surface area contributed by atoms with E-state index < -0.39 is 0 Å². The van der Waals surface area contributed by atoms with Gasteiger partial charge in [0.05, 0.1) is 18.7 Å². The Hall–Kier alpha value is -2.76. The maximum atomic E-state index is 12.3. The van der Waals surface area contributed by atoms with Crippen LogP contribution < -0.4 is 20.1 Å². The molecule has 0 saturated heterocycles. The Morgan fingerprint density at radius 3 is 3.04 bits per heavy atom. The van der Waals surface area contributed by atoms with E-state index in [1.54, 1.807) is 19.5 Å². The molecule has 3 rings (SSSR count). The number of rotatable bonds is 6. The highest BCUT2D eigenvalue weighted by atomic mass is 16.5. The van der Waals surface area contributed by atoms with E-state index >= 15 is 0 Å². The molecule has 2 heterocycles. The van der Waals surface area contributed by atoms with Crippen molar-refractivity contribution in [2.75, 3.05) is 32.1 Å². The Bertz CT molecular complexity index is 691. The summed E-state index contributed by atoms with van der Waals surface area (Å²) in [6.45, 7) is 1.57. The number of carbonyl (C=O) groups is 1. The number of aromatic nitrogens is 1. The van der Waals surface area contributed by atoms with Gasteiger partial charge < -0.3 is 20.1 Å². The zero-order valence-corrected chi connectivity index (χ0v) is 13.6. The standard InChI is InChI=1S/C18H21N3O3/c1-23-16-6-2-4-13-10-14(12-24-17(13)16)18(22)21-9-8-20-15-5-3-7-19-11-15/h2-7,11,14,20H,8-10,12H2,1H3,(H,21,22). The number of nitrogens with one attached hydrogen (secondary N) is 2. The van der Waals surface area contributed by atoms with Gasteiger partial charge >= 0.3 is 0 Å². The molecule has 6 heteroatoms. The minimum atomic E-state index is -0.178. The van der Waals surface area contributed by atoms with Crippen LogP contribution in [0.15, 0.2) is 42.7 Å². The summed E-state index contributed by atoms with van der Waals surface area (Å²) in [6.07, 6.45) is 4.14. The van der Waals surface area contributed by atoms with Gasteiger partial charge in [0.25, 0.3) is 0 Å². The number of ether oxygens (including phenoxy) is 2. The van der Waals surface area contributed by atoms with Crippen molar-refractivity contribution in [3.8, 4) is 11.5 Å². The molecule has 0 radical (unpaired) electrons. The molecule has 1 aromatic heterocycles. The van der Waals surface area contributed by atoms with Gasteiger partial charge in [-0.15, -0.1) is 0 Å². The summed E-state index contributed by atoms with van der Waals surface area (Å²) in [7, 11) is 1.62. The molecule has 126 valence electrons. The SMILES string of the molecule is COc1cccc2c1OCC(C(=O)NCCNc1cccnc1)C2. The molecule has 2 aromatic rings. The number of nitrogens with zero attached hydrogens (tertiary/aromatic N) is 1. The van der Waals surface area contributed by atoms with E-state index in [4.69, 9.17) is 9.47 Å². The molecule has 0 saturated carbocycles. The lowest BCUT2D eigenvalue weighted by Crippen LogP contribution is -2.39. The number of amides is 1. The van der Waals surface area contributed by atoms with Gasteiger partial charge in [0.2, 0.25) is 5.91 Å².